The lowest BCUT2D eigenvalue weighted by Crippen LogP contribution is -2.39. The van der Waals surface area contributed by atoms with Crippen molar-refractivity contribution in [3.05, 3.63) is 0 Å². The van der Waals surface area contributed by atoms with E-state index in [1.165, 1.54) is 25.7 Å². The van der Waals surface area contributed by atoms with Crippen LogP contribution in [0, 0.1) is 17.8 Å². The van der Waals surface area contributed by atoms with Gasteiger partial charge in [0.2, 0.25) is 9.05 Å². The number of rotatable bonds is 2. The van der Waals surface area contributed by atoms with E-state index in [2.05, 4.69) is 0 Å². The summed E-state index contributed by atoms with van der Waals surface area (Å²) in [6.07, 6.45) is 6.11. The quantitative estimate of drug-likeness (QED) is 0.691. The highest BCUT2D eigenvalue weighted by molar-refractivity contribution is 8.14. The second-order valence-electron chi connectivity index (χ2n) is 4.86. The third-order valence-corrected chi connectivity index (χ3v) is 6.23. The van der Waals surface area contributed by atoms with E-state index in [1.54, 1.807) is 6.92 Å². The van der Waals surface area contributed by atoms with Crippen molar-refractivity contribution in [3.8, 4) is 0 Å². The number of fused-ring (bicyclic) bond motifs is 3. The van der Waals surface area contributed by atoms with E-state index >= 15 is 0 Å². The Bertz CT molecular complexity index is 304. The van der Waals surface area contributed by atoms with Crippen LogP contribution >= 0.6 is 10.7 Å². The maximum Gasteiger partial charge on any atom is 0.235 e. The van der Waals surface area contributed by atoms with Crippen LogP contribution in [0.25, 0.3) is 0 Å². The van der Waals surface area contributed by atoms with Crippen molar-refractivity contribution < 1.29 is 8.42 Å². The molecule has 0 heterocycles. The summed E-state index contributed by atoms with van der Waals surface area (Å²) in [6.45, 7) is 1.77. The second-order valence-corrected chi connectivity index (χ2v) is 7.85. The largest absolute Gasteiger partial charge is 0.235 e. The Morgan fingerprint density at radius 2 is 1.79 bits per heavy atom. The summed E-state index contributed by atoms with van der Waals surface area (Å²) < 4.78 is 22.5. The number of hydrogen-bond acceptors (Lipinski definition) is 2. The van der Waals surface area contributed by atoms with Crippen LogP contribution in [0.5, 0.6) is 0 Å². The molecule has 0 aromatic rings. The molecule has 0 aliphatic heterocycles. The van der Waals surface area contributed by atoms with Crippen molar-refractivity contribution >= 4 is 19.7 Å². The van der Waals surface area contributed by atoms with Crippen LogP contribution in [0.3, 0.4) is 0 Å². The van der Waals surface area contributed by atoms with E-state index in [0.29, 0.717) is 11.8 Å². The zero-order valence-electron chi connectivity index (χ0n) is 8.45. The molecule has 2 unspecified atom stereocenters. The molecule has 3 saturated carbocycles. The first-order valence-corrected chi connectivity index (χ1v) is 7.79. The average Bonchev–Trinajstić information content (AvgIpc) is 2.17. The highest BCUT2D eigenvalue weighted by atomic mass is 35.7. The van der Waals surface area contributed by atoms with Crippen molar-refractivity contribution in [3.63, 3.8) is 0 Å². The highest BCUT2D eigenvalue weighted by Gasteiger charge is 2.41. The summed E-state index contributed by atoms with van der Waals surface area (Å²) >= 11 is 0. The molecule has 3 aliphatic carbocycles. The molecule has 2 nitrogen and oxygen atoms in total. The molecule has 0 saturated heterocycles. The molecule has 2 atom stereocenters. The monoisotopic (exact) mass is 236 g/mol. The van der Waals surface area contributed by atoms with E-state index in [0.717, 1.165) is 12.3 Å². The van der Waals surface area contributed by atoms with Crippen molar-refractivity contribution in [2.45, 2.75) is 44.3 Å². The van der Waals surface area contributed by atoms with Gasteiger partial charge in [0, 0.05) is 10.7 Å². The van der Waals surface area contributed by atoms with Crippen LogP contribution in [0.1, 0.15) is 39.0 Å². The molecule has 0 N–H and O–H groups in total. The minimum absolute atomic E-state index is 0.324. The molecule has 14 heavy (non-hydrogen) atoms. The smallest absolute Gasteiger partial charge is 0.212 e. The maximum absolute atomic E-state index is 11.3. The minimum Gasteiger partial charge on any atom is -0.212 e. The molecule has 3 rings (SSSR count). The summed E-state index contributed by atoms with van der Waals surface area (Å²) in [5.41, 5.74) is 0. The van der Waals surface area contributed by atoms with Gasteiger partial charge in [0.05, 0.1) is 5.25 Å². The van der Waals surface area contributed by atoms with E-state index in [1.807, 2.05) is 0 Å². The first kappa shape index (κ1) is 10.7. The molecular weight excluding hydrogens is 220 g/mol. The number of halogens is 1. The van der Waals surface area contributed by atoms with Gasteiger partial charge in [-0.1, -0.05) is 12.8 Å². The standard InChI is InChI=1S/C10H17ClO2S/c1-7(14(11,12)13)10-6-8-2-4-9(10)5-3-8/h7-10H,2-6H2,1H3. The van der Waals surface area contributed by atoms with Gasteiger partial charge in [-0.2, -0.15) is 0 Å². The van der Waals surface area contributed by atoms with Crippen molar-refractivity contribution in [1.29, 1.82) is 0 Å². The third kappa shape index (κ3) is 1.94. The van der Waals surface area contributed by atoms with Gasteiger partial charge in [-0.05, 0) is 43.9 Å². The first-order chi connectivity index (χ1) is 6.48. The van der Waals surface area contributed by atoms with E-state index in [-0.39, 0.29) is 5.25 Å². The molecular formula is C10H17ClO2S. The normalized spacial score (nSPS) is 39.7. The molecule has 4 heteroatoms. The lowest BCUT2D eigenvalue weighted by Gasteiger charge is -2.44. The summed E-state index contributed by atoms with van der Waals surface area (Å²) in [4.78, 5) is 0. The Labute approximate surface area is 90.4 Å². The van der Waals surface area contributed by atoms with Gasteiger partial charge in [0.15, 0.2) is 0 Å². The highest BCUT2D eigenvalue weighted by Crippen LogP contribution is 2.47. The van der Waals surface area contributed by atoms with Crippen LogP contribution < -0.4 is 0 Å². The summed E-state index contributed by atoms with van der Waals surface area (Å²) in [5.74, 6) is 1.71. The van der Waals surface area contributed by atoms with Crippen molar-refractivity contribution in [2.24, 2.45) is 17.8 Å². The molecule has 0 spiro atoms. The zero-order valence-corrected chi connectivity index (χ0v) is 10.0. The topological polar surface area (TPSA) is 34.1 Å². The van der Waals surface area contributed by atoms with E-state index in [9.17, 15) is 8.42 Å². The van der Waals surface area contributed by atoms with Crippen LogP contribution in [-0.2, 0) is 9.05 Å². The van der Waals surface area contributed by atoms with Gasteiger partial charge < -0.3 is 0 Å². The summed E-state index contributed by atoms with van der Waals surface area (Å²) in [7, 11) is 2.07. The number of hydrogen-bond donors (Lipinski definition) is 0. The van der Waals surface area contributed by atoms with Crippen molar-refractivity contribution in [2.75, 3.05) is 0 Å². The molecule has 0 aromatic heterocycles. The zero-order chi connectivity index (χ0) is 10.3. The molecule has 0 aromatic carbocycles. The fraction of sp³-hybridized carbons (Fsp3) is 1.00. The van der Waals surface area contributed by atoms with Gasteiger partial charge in [-0.25, -0.2) is 8.42 Å². The lowest BCUT2D eigenvalue weighted by atomic mass is 9.64. The fourth-order valence-corrected chi connectivity index (χ4v) is 4.36. The predicted octanol–water partition coefficient (Wildman–Crippen LogP) is 2.77. The molecule has 82 valence electrons. The molecule has 0 amide bonds. The van der Waals surface area contributed by atoms with E-state index < -0.39 is 9.05 Å². The average molecular weight is 237 g/mol. The first-order valence-electron chi connectivity index (χ1n) is 5.42. The molecule has 2 bridgehead atoms. The Hall–Kier alpha value is 0.240. The van der Waals surface area contributed by atoms with E-state index in [4.69, 9.17) is 10.7 Å². The van der Waals surface area contributed by atoms with Gasteiger partial charge in [0.1, 0.15) is 0 Å². The summed E-state index contributed by atoms with van der Waals surface area (Å²) in [6, 6.07) is 0. The fourth-order valence-electron chi connectivity index (χ4n) is 3.21. The second kappa shape index (κ2) is 3.67. The Balaban J connectivity index is 2.12. The third-order valence-electron chi connectivity index (χ3n) is 4.15. The Kier molecular flexibility index (Phi) is 2.82. The minimum atomic E-state index is -3.35. The summed E-state index contributed by atoms with van der Waals surface area (Å²) in [5, 5.41) is -0.350. The predicted molar refractivity (Wildman–Crippen MR) is 57.8 cm³/mol. The molecule has 0 radical (unpaired) electrons. The lowest BCUT2D eigenvalue weighted by molar-refractivity contribution is 0.0986. The Morgan fingerprint density at radius 1 is 1.21 bits per heavy atom. The van der Waals surface area contributed by atoms with Gasteiger partial charge in [-0.3, -0.25) is 0 Å². The maximum atomic E-state index is 11.3. The van der Waals surface area contributed by atoms with Gasteiger partial charge >= 0.3 is 0 Å². The SMILES string of the molecule is CC(C1CC2CCC1CC2)S(=O)(=O)Cl. The molecule has 3 aliphatic rings. The molecule has 3 fully saturated rings. The van der Waals surface area contributed by atoms with Crippen LogP contribution in [0.2, 0.25) is 0 Å². The Morgan fingerprint density at radius 3 is 2.14 bits per heavy atom. The van der Waals surface area contributed by atoms with Crippen molar-refractivity contribution in [1.82, 2.24) is 0 Å². The van der Waals surface area contributed by atoms with Crippen LogP contribution in [-0.4, -0.2) is 13.7 Å². The van der Waals surface area contributed by atoms with Gasteiger partial charge in [-0.15, -0.1) is 0 Å². The van der Waals surface area contributed by atoms with Crippen LogP contribution in [0.4, 0.5) is 0 Å². The van der Waals surface area contributed by atoms with Gasteiger partial charge in [0.25, 0.3) is 0 Å². The van der Waals surface area contributed by atoms with Crippen LogP contribution in [0.15, 0.2) is 0 Å².